The summed E-state index contributed by atoms with van der Waals surface area (Å²) in [4.78, 5) is 12.7. The van der Waals surface area contributed by atoms with Crippen LogP contribution in [-0.4, -0.2) is 40.6 Å². The van der Waals surface area contributed by atoms with E-state index >= 15 is 0 Å². The molecule has 0 aliphatic carbocycles. The molecule has 0 saturated carbocycles. The average Bonchev–Trinajstić information content (AvgIpc) is 3.14. The minimum atomic E-state index is -0.354. The van der Waals surface area contributed by atoms with Gasteiger partial charge >= 0.3 is 0 Å². The number of carbonyl (C=O) groups excluding carboxylic acids is 1. The molecule has 2 N–H and O–H groups in total. The number of hydrogen-bond donors (Lipinski definition) is 2. The maximum absolute atomic E-state index is 12.7. The lowest BCUT2D eigenvalue weighted by atomic mass is 10.1. The topological polar surface area (TPSA) is 76.4 Å². The first-order valence-corrected chi connectivity index (χ1v) is 8.34. The molecule has 26 heavy (non-hydrogen) atoms. The molecular weight excluding hydrogens is 330 g/mol. The van der Waals surface area contributed by atoms with E-state index in [1.165, 1.54) is 0 Å². The van der Waals surface area contributed by atoms with Crippen molar-refractivity contribution >= 4 is 5.91 Å². The Morgan fingerprint density at radius 1 is 1.19 bits per heavy atom. The Kier molecular flexibility index (Phi) is 5.34. The molecule has 1 amide bonds. The molecule has 0 bridgehead atoms. The minimum Gasteiger partial charge on any atom is -0.496 e. The van der Waals surface area contributed by atoms with Crippen molar-refractivity contribution in [1.29, 1.82) is 0 Å². The summed E-state index contributed by atoms with van der Waals surface area (Å²) < 4.78 is 7.10. The lowest BCUT2D eigenvalue weighted by molar-refractivity contribution is 0.0923. The Hall–Kier alpha value is -3.12. The highest BCUT2D eigenvalue weighted by atomic mass is 16.5. The monoisotopic (exact) mass is 351 g/mol. The Labute approximate surface area is 152 Å². The Balaban J connectivity index is 2.12. The first kappa shape index (κ1) is 17.7. The standard InChI is InChI=1S/C20H21N3O3/c1-14(13-24)21-20(25)17-12-23(15-8-4-3-5-9-15)22-19(17)16-10-6-7-11-18(16)26-2/h3-12,14,24H,13H2,1-2H3,(H,21,25). The molecule has 0 saturated heterocycles. The minimum absolute atomic E-state index is 0.136. The molecule has 134 valence electrons. The highest BCUT2D eigenvalue weighted by Gasteiger charge is 2.21. The largest absolute Gasteiger partial charge is 0.496 e. The van der Waals surface area contributed by atoms with Gasteiger partial charge in [-0.15, -0.1) is 0 Å². The van der Waals surface area contributed by atoms with Crippen LogP contribution in [0.4, 0.5) is 0 Å². The van der Waals surface area contributed by atoms with Crippen molar-refractivity contribution in [2.75, 3.05) is 13.7 Å². The van der Waals surface area contributed by atoms with Gasteiger partial charge in [0.15, 0.2) is 0 Å². The molecule has 0 fully saturated rings. The Bertz CT molecular complexity index is 890. The number of aliphatic hydroxyl groups is 1. The number of carbonyl (C=O) groups is 1. The molecule has 6 heteroatoms. The van der Waals surface area contributed by atoms with Crippen molar-refractivity contribution in [2.24, 2.45) is 0 Å². The number of aromatic nitrogens is 2. The summed E-state index contributed by atoms with van der Waals surface area (Å²) in [5.74, 6) is 0.338. The normalized spacial score (nSPS) is 11.8. The highest BCUT2D eigenvalue weighted by Crippen LogP contribution is 2.31. The van der Waals surface area contributed by atoms with E-state index in [0.717, 1.165) is 11.3 Å². The molecule has 6 nitrogen and oxygen atoms in total. The fraction of sp³-hybridized carbons (Fsp3) is 0.200. The van der Waals surface area contributed by atoms with Gasteiger partial charge in [-0.05, 0) is 31.2 Å². The van der Waals surface area contributed by atoms with Crippen molar-refractivity contribution < 1.29 is 14.6 Å². The number of para-hydroxylation sites is 2. The molecule has 0 aliphatic rings. The first-order chi connectivity index (χ1) is 12.6. The number of nitrogens with one attached hydrogen (secondary N) is 1. The van der Waals surface area contributed by atoms with Crippen LogP contribution in [0.3, 0.4) is 0 Å². The quantitative estimate of drug-likeness (QED) is 0.716. The summed E-state index contributed by atoms with van der Waals surface area (Å²) in [6, 6.07) is 16.6. The van der Waals surface area contributed by atoms with E-state index in [1.807, 2.05) is 54.6 Å². The maximum atomic E-state index is 12.7. The van der Waals surface area contributed by atoms with E-state index in [4.69, 9.17) is 4.74 Å². The summed E-state index contributed by atoms with van der Waals surface area (Å²) in [5, 5.41) is 16.6. The Morgan fingerprint density at radius 2 is 1.88 bits per heavy atom. The molecule has 0 aliphatic heterocycles. The van der Waals surface area contributed by atoms with Crippen molar-refractivity contribution in [3.8, 4) is 22.7 Å². The van der Waals surface area contributed by atoms with Gasteiger partial charge in [-0.2, -0.15) is 5.10 Å². The van der Waals surface area contributed by atoms with Crippen molar-refractivity contribution in [3.05, 3.63) is 66.4 Å². The summed E-state index contributed by atoms with van der Waals surface area (Å²) in [7, 11) is 1.58. The van der Waals surface area contributed by atoms with Gasteiger partial charge in [0.1, 0.15) is 11.4 Å². The lowest BCUT2D eigenvalue weighted by Gasteiger charge is -2.11. The zero-order chi connectivity index (χ0) is 18.5. The molecule has 1 unspecified atom stereocenters. The lowest BCUT2D eigenvalue weighted by Crippen LogP contribution is -2.35. The fourth-order valence-electron chi connectivity index (χ4n) is 2.64. The molecule has 0 radical (unpaired) electrons. The van der Waals surface area contributed by atoms with Crippen molar-refractivity contribution in [2.45, 2.75) is 13.0 Å². The van der Waals surface area contributed by atoms with E-state index in [2.05, 4.69) is 10.4 Å². The van der Waals surface area contributed by atoms with E-state index < -0.39 is 0 Å². The van der Waals surface area contributed by atoms with Crippen molar-refractivity contribution in [1.82, 2.24) is 15.1 Å². The van der Waals surface area contributed by atoms with E-state index in [9.17, 15) is 9.90 Å². The number of benzene rings is 2. The Morgan fingerprint density at radius 3 is 2.58 bits per heavy atom. The van der Waals surface area contributed by atoms with Crippen LogP contribution in [0.1, 0.15) is 17.3 Å². The van der Waals surface area contributed by atoms with Gasteiger partial charge < -0.3 is 15.2 Å². The fourth-order valence-corrected chi connectivity index (χ4v) is 2.64. The van der Waals surface area contributed by atoms with Crippen LogP contribution in [0, 0.1) is 0 Å². The van der Waals surface area contributed by atoms with Gasteiger partial charge in [-0.1, -0.05) is 30.3 Å². The number of nitrogens with zero attached hydrogens (tertiary/aromatic N) is 2. The molecule has 1 heterocycles. The maximum Gasteiger partial charge on any atom is 0.255 e. The van der Waals surface area contributed by atoms with Gasteiger partial charge in [0.2, 0.25) is 0 Å². The third-order valence-corrected chi connectivity index (χ3v) is 3.99. The third kappa shape index (κ3) is 3.60. The molecule has 2 aromatic carbocycles. The second-order valence-corrected chi connectivity index (χ2v) is 5.93. The summed E-state index contributed by atoms with van der Waals surface area (Å²) in [5.41, 5.74) is 2.51. The number of hydrogen-bond acceptors (Lipinski definition) is 4. The van der Waals surface area contributed by atoms with Gasteiger partial charge in [0.25, 0.3) is 5.91 Å². The molecule has 1 atom stereocenters. The summed E-state index contributed by atoms with van der Waals surface area (Å²) in [6.07, 6.45) is 1.69. The average molecular weight is 351 g/mol. The summed E-state index contributed by atoms with van der Waals surface area (Å²) >= 11 is 0. The second kappa shape index (κ2) is 7.84. The zero-order valence-corrected chi connectivity index (χ0v) is 14.7. The van der Waals surface area contributed by atoms with Crippen LogP contribution >= 0.6 is 0 Å². The summed E-state index contributed by atoms with van der Waals surface area (Å²) in [6.45, 7) is 1.60. The predicted octanol–water partition coefficient (Wildman–Crippen LogP) is 2.66. The first-order valence-electron chi connectivity index (χ1n) is 8.34. The number of amides is 1. The number of aliphatic hydroxyl groups excluding tert-OH is 1. The number of methoxy groups -OCH3 is 1. The predicted molar refractivity (Wildman–Crippen MR) is 99.6 cm³/mol. The van der Waals surface area contributed by atoms with Crippen LogP contribution < -0.4 is 10.1 Å². The van der Waals surface area contributed by atoms with Crippen LogP contribution in [0.25, 0.3) is 16.9 Å². The highest BCUT2D eigenvalue weighted by molar-refractivity contribution is 6.00. The van der Waals surface area contributed by atoms with Gasteiger partial charge in [-0.3, -0.25) is 4.79 Å². The molecule has 3 rings (SSSR count). The van der Waals surface area contributed by atoms with Crippen LogP contribution in [0.15, 0.2) is 60.8 Å². The van der Waals surface area contributed by atoms with E-state index in [0.29, 0.717) is 17.0 Å². The van der Waals surface area contributed by atoms with Crippen LogP contribution in [0.2, 0.25) is 0 Å². The van der Waals surface area contributed by atoms with Gasteiger partial charge in [-0.25, -0.2) is 4.68 Å². The zero-order valence-electron chi connectivity index (χ0n) is 14.7. The van der Waals surface area contributed by atoms with E-state index in [-0.39, 0.29) is 18.6 Å². The van der Waals surface area contributed by atoms with Crippen molar-refractivity contribution in [3.63, 3.8) is 0 Å². The number of ether oxygens (including phenoxy) is 1. The van der Waals surface area contributed by atoms with Gasteiger partial charge in [0.05, 0.1) is 25.0 Å². The molecule has 0 spiro atoms. The van der Waals surface area contributed by atoms with E-state index in [1.54, 1.807) is 24.9 Å². The number of rotatable bonds is 6. The smallest absolute Gasteiger partial charge is 0.255 e. The van der Waals surface area contributed by atoms with Crippen LogP contribution in [-0.2, 0) is 0 Å². The van der Waals surface area contributed by atoms with Gasteiger partial charge in [0, 0.05) is 17.8 Å². The third-order valence-electron chi connectivity index (χ3n) is 3.99. The SMILES string of the molecule is COc1ccccc1-c1nn(-c2ccccc2)cc1C(=O)NC(C)CO. The second-order valence-electron chi connectivity index (χ2n) is 5.93. The van der Waals surface area contributed by atoms with Crippen LogP contribution in [0.5, 0.6) is 5.75 Å². The molecule has 3 aromatic rings. The molecular formula is C20H21N3O3. The molecule has 1 aromatic heterocycles.